The summed E-state index contributed by atoms with van der Waals surface area (Å²) in [6.07, 6.45) is 4.58. The largest absolute Gasteiger partial charge is 0.459 e. The van der Waals surface area contributed by atoms with Gasteiger partial charge in [0.25, 0.3) is 0 Å². The van der Waals surface area contributed by atoms with Gasteiger partial charge in [0.15, 0.2) is 5.13 Å². The average molecular weight is 470 g/mol. The third kappa shape index (κ3) is 4.95. The highest BCUT2D eigenvalue weighted by Crippen LogP contribution is 2.35. The van der Waals surface area contributed by atoms with Gasteiger partial charge in [-0.05, 0) is 44.7 Å². The summed E-state index contributed by atoms with van der Waals surface area (Å²) < 4.78 is 5.52. The van der Waals surface area contributed by atoms with Crippen molar-refractivity contribution in [3.8, 4) is 0 Å². The van der Waals surface area contributed by atoms with Crippen LogP contribution in [0.5, 0.6) is 0 Å². The molecule has 4 rings (SSSR count). The molecule has 2 amide bonds. The minimum atomic E-state index is -0.414. The topological polar surface area (TPSA) is 79.8 Å². The van der Waals surface area contributed by atoms with Crippen molar-refractivity contribution >= 4 is 39.9 Å². The molecule has 1 aromatic carbocycles. The maximum absolute atomic E-state index is 12.6. The molecule has 0 radical (unpaired) electrons. The van der Waals surface area contributed by atoms with Gasteiger partial charge in [0.05, 0.1) is 17.3 Å². The monoisotopic (exact) mass is 469 g/mol. The van der Waals surface area contributed by atoms with Crippen LogP contribution in [0.1, 0.15) is 61.4 Å². The highest BCUT2D eigenvalue weighted by Gasteiger charge is 2.39. The molecular weight excluding hydrogens is 438 g/mol. The molecule has 0 spiro atoms. The molecule has 0 bridgehead atoms. The zero-order valence-electron chi connectivity index (χ0n) is 19.7. The summed E-state index contributed by atoms with van der Waals surface area (Å²) in [6.45, 7) is 8.00. The van der Waals surface area contributed by atoms with E-state index in [0.29, 0.717) is 17.4 Å². The van der Waals surface area contributed by atoms with Crippen molar-refractivity contribution in [3.05, 3.63) is 39.9 Å². The minimum Gasteiger partial charge on any atom is -0.459 e. The van der Waals surface area contributed by atoms with Crippen molar-refractivity contribution in [2.45, 2.75) is 72.4 Å². The molecule has 2 aromatic rings. The first-order chi connectivity index (χ1) is 15.7. The van der Waals surface area contributed by atoms with Crippen molar-refractivity contribution in [1.29, 1.82) is 0 Å². The summed E-state index contributed by atoms with van der Waals surface area (Å²) in [5.41, 5.74) is 4.57. The predicted molar refractivity (Wildman–Crippen MR) is 127 cm³/mol. The molecule has 1 saturated heterocycles. The van der Waals surface area contributed by atoms with Crippen LogP contribution in [0.4, 0.5) is 10.8 Å². The number of likely N-dealkylation sites (tertiary alicyclic amines) is 1. The van der Waals surface area contributed by atoms with Gasteiger partial charge in [0, 0.05) is 31.3 Å². The fraction of sp³-hybridized carbons (Fsp3) is 0.520. The van der Waals surface area contributed by atoms with E-state index in [1.165, 1.54) is 18.3 Å². The molecule has 8 heteroatoms. The second-order valence-corrected chi connectivity index (χ2v) is 10.1. The highest BCUT2D eigenvalue weighted by atomic mass is 32.1. The number of aromatic nitrogens is 1. The van der Waals surface area contributed by atoms with Gasteiger partial charge in [-0.1, -0.05) is 30.5 Å². The molecule has 0 unspecified atom stereocenters. The van der Waals surface area contributed by atoms with E-state index >= 15 is 0 Å². The standard InChI is InChI=1S/C25H31N3O4S/c1-15-9-16(2)23(17(3)10-15)28(18(4)29)25-26-20(14-33-25)13-32-24(31)19-11-22(30)27(12-19)21-7-5-6-8-21/h9-10,14,19,21H,5-8,11-13H2,1-4H3/t19-/m0/s1. The molecule has 1 aliphatic heterocycles. The number of benzene rings is 1. The second kappa shape index (κ2) is 9.63. The Hall–Kier alpha value is -2.74. The first-order valence-electron chi connectivity index (χ1n) is 11.5. The van der Waals surface area contributed by atoms with Crippen LogP contribution in [-0.2, 0) is 25.7 Å². The van der Waals surface area contributed by atoms with Crippen LogP contribution in [0.15, 0.2) is 17.5 Å². The summed E-state index contributed by atoms with van der Waals surface area (Å²) in [4.78, 5) is 45.6. The summed E-state index contributed by atoms with van der Waals surface area (Å²) >= 11 is 1.34. The van der Waals surface area contributed by atoms with Crippen LogP contribution in [0.25, 0.3) is 0 Å². The minimum absolute atomic E-state index is 0.0288. The van der Waals surface area contributed by atoms with Crippen LogP contribution in [0.2, 0.25) is 0 Å². The average Bonchev–Trinajstić information content (AvgIpc) is 3.49. The van der Waals surface area contributed by atoms with Gasteiger partial charge in [-0.15, -0.1) is 11.3 Å². The molecule has 1 aromatic heterocycles. The Labute approximate surface area is 198 Å². The number of aryl methyl sites for hydroxylation is 3. The van der Waals surface area contributed by atoms with Gasteiger partial charge in [-0.25, -0.2) is 4.98 Å². The smallest absolute Gasteiger partial charge is 0.311 e. The lowest BCUT2D eigenvalue weighted by Crippen LogP contribution is -2.35. The Balaban J connectivity index is 1.41. The molecule has 2 aliphatic rings. The lowest BCUT2D eigenvalue weighted by atomic mass is 10.0. The van der Waals surface area contributed by atoms with E-state index in [1.54, 1.807) is 4.90 Å². The Morgan fingerprint density at radius 2 is 1.85 bits per heavy atom. The van der Waals surface area contributed by atoms with Gasteiger partial charge in [0.1, 0.15) is 6.61 Å². The maximum atomic E-state index is 12.6. The third-order valence-electron chi connectivity index (χ3n) is 6.52. The zero-order chi connectivity index (χ0) is 23.7. The number of ether oxygens (including phenoxy) is 1. The van der Waals surface area contributed by atoms with E-state index in [9.17, 15) is 14.4 Å². The van der Waals surface area contributed by atoms with E-state index in [0.717, 1.165) is 48.1 Å². The van der Waals surface area contributed by atoms with Crippen molar-refractivity contribution in [2.75, 3.05) is 11.4 Å². The first-order valence-corrected chi connectivity index (χ1v) is 12.4. The number of rotatable bonds is 6. The van der Waals surface area contributed by atoms with Crippen molar-refractivity contribution < 1.29 is 19.1 Å². The molecule has 2 fully saturated rings. The Morgan fingerprint density at radius 1 is 1.18 bits per heavy atom. The van der Waals surface area contributed by atoms with Crippen LogP contribution in [0, 0.1) is 26.7 Å². The number of carbonyl (C=O) groups excluding carboxylic acids is 3. The highest BCUT2D eigenvalue weighted by molar-refractivity contribution is 7.14. The SMILES string of the molecule is CC(=O)N(c1nc(COC(=O)[C@H]2CC(=O)N(C3CCCC3)C2)cs1)c1c(C)cc(C)cc1C. The normalized spacial score (nSPS) is 18.7. The van der Waals surface area contributed by atoms with Gasteiger partial charge in [0.2, 0.25) is 11.8 Å². The van der Waals surface area contributed by atoms with Crippen LogP contribution in [0.3, 0.4) is 0 Å². The lowest BCUT2D eigenvalue weighted by Gasteiger charge is -2.23. The molecule has 0 N–H and O–H groups in total. The van der Waals surface area contributed by atoms with Crippen molar-refractivity contribution in [2.24, 2.45) is 5.92 Å². The van der Waals surface area contributed by atoms with Crippen LogP contribution in [-0.4, -0.2) is 40.3 Å². The van der Waals surface area contributed by atoms with E-state index < -0.39 is 5.92 Å². The number of hydrogen-bond donors (Lipinski definition) is 0. The van der Waals surface area contributed by atoms with Gasteiger partial charge < -0.3 is 9.64 Å². The van der Waals surface area contributed by atoms with Crippen molar-refractivity contribution in [1.82, 2.24) is 9.88 Å². The number of thiazole rings is 1. The Morgan fingerprint density at radius 3 is 2.48 bits per heavy atom. The van der Waals surface area contributed by atoms with E-state index in [-0.39, 0.29) is 36.9 Å². The molecule has 33 heavy (non-hydrogen) atoms. The Bertz CT molecular complexity index is 1050. The molecule has 1 aliphatic carbocycles. The zero-order valence-corrected chi connectivity index (χ0v) is 20.5. The summed E-state index contributed by atoms with van der Waals surface area (Å²) in [5.74, 6) is -0.838. The summed E-state index contributed by atoms with van der Waals surface area (Å²) in [6, 6.07) is 4.38. The van der Waals surface area contributed by atoms with Crippen LogP contribution < -0.4 is 4.90 Å². The summed E-state index contributed by atoms with van der Waals surface area (Å²) in [7, 11) is 0. The molecule has 7 nitrogen and oxygen atoms in total. The maximum Gasteiger partial charge on any atom is 0.311 e. The molecule has 176 valence electrons. The van der Waals surface area contributed by atoms with Crippen molar-refractivity contribution in [3.63, 3.8) is 0 Å². The number of nitrogens with zero attached hydrogens (tertiary/aromatic N) is 3. The molecule has 1 atom stereocenters. The predicted octanol–water partition coefficient (Wildman–Crippen LogP) is 4.59. The third-order valence-corrected chi connectivity index (χ3v) is 7.40. The fourth-order valence-corrected chi connectivity index (χ4v) is 5.96. The summed E-state index contributed by atoms with van der Waals surface area (Å²) in [5, 5.41) is 2.36. The van der Waals surface area contributed by atoms with Gasteiger partial charge in [-0.3, -0.25) is 19.3 Å². The van der Waals surface area contributed by atoms with Crippen LogP contribution >= 0.6 is 11.3 Å². The number of hydrogen-bond acceptors (Lipinski definition) is 6. The quantitative estimate of drug-likeness (QED) is 0.578. The second-order valence-electron chi connectivity index (χ2n) is 9.22. The number of esters is 1. The Kier molecular flexibility index (Phi) is 6.83. The molecule has 1 saturated carbocycles. The van der Waals surface area contributed by atoms with E-state index in [1.807, 2.05) is 43.2 Å². The van der Waals surface area contributed by atoms with Gasteiger partial charge >= 0.3 is 5.97 Å². The number of carbonyl (C=O) groups is 3. The lowest BCUT2D eigenvalue weighted by molar-refractivity contribution is -0.149. The molecule has 2 heterocycles. The molecular formula is C25H31N3O4S. The van der Waals surface area contributed by atoms with E-state index in [4.69, 9.17) is 4.74 Å². The first kappa shape index (κ1) is 23.4. The number of amides is 2. The fourth-order valence-electron chi connectivity index (χ4n) is 5.10. The van der Waals surface area contributed by atoms with E-state index in [2.05, 4.69) is 4.98 Å². The van der Waals surface area contributed by atoms with Gasteiger partial charge in [-0.2, -0.15) is 0 Å². The number of anilines is 2.